The SMILES string of the molecule is Cn1cnc(C(c2ccc3cccnc3c2O)N2CCOCC2)c1. The summed E-state index contributed by atoms with van der Waals surface area (Å²) in [6, 6.07) is 7.71. The number of aromatic hydroxyl groups is 1. The van der Waals surface area contributed by atoms with Crippen LogP contribution in [-0.2, 0) is 11.8 Å². The average Bonchev–Trinajstić information content (AvgIpc) is 3.04. The lowest BCUT2D eigenvalue weighted by molar-refractivity contribution is 0.0229. The molecule has 4 rings (SSSR count). The number of phenols is 1. The zero-order valence-electron chi connectivity index (χ0n) is 13.6. The number of ether oxygens (including phenoxy) is 1. The number of imidazole rings is 1. The lowest BCUT2D eigenvalue weighted by atomic mass is 9.98. The quantitative estimate of drug-likeness (QED) is 0.799. The monoisotopic (exact) mass is 324 g/mol. The first-order chi connectivity index (χ1) is 11.7. The largest absolute Gasteiger partial charge is 0.505 e. The second kappa shape index (κ2) is 6.22. The molecule has 1 N–H and O–H groups in total. The van der Waals surface area contributed by atoms with Crippen molar-refractivity contribution >= 4 is 10.9 Å². The molecule has 3 heterocycles. The Morgan fingerprint density at radius 1 is 1.17 bits per heavy atom. The van der Waals surface area contributed by atoms with Gasteiger partial charge in [-0.05, 0) is 6.07 Å². The number of aryl methyl sites for hydroxylation is 1. The molecule has 1 atom stereocenters. The molecule has 1 aromatic carbocycles. The van der Waals surface area contributed by atoms with Gasteiger partial charge in [-0.15, -0.1) is 0 Å². The number of morpholine rings is 1. The van der Waals surface area contributed by atoms with E-state index in [0.29, 0.717) is 18.7 Å². The smallest absolute Gasteiger partial charge is 0.146 e. The van der Waals surface area contributed by atoms with Crippen molar-refractivity contribution in [2.24, 2.45) is 7.05 Å². The third kappa shape index (κ3) is 2.64. The van der Waals surface area contributed by atoms with E-state index in [4.69, 9.17) is 4.74 Å². The molecule has 24 heavy (non-hydrogen) atoms. The summed E-state index contributed by atoms with van der Waals surface area (Å²) in [5, 5.41) is 11.8. The van der Waals surface area contributed by atoms with E-state index in [1.807, 2.05) is 42.1 Å². The predicted molar refractivity (Wildman–Crippen MR) is 90.9 cm³/mol. The molecule has 1 aliphatic heterocycles. The highest BCUT2D eigenvalue weighted by atomic mass is 16.5. The third-order valence-corrected chi connectivity index (χ3v) is 4.49. The van der Waals surface area contributed by atoms with E-state index in [-0.39, 0.29) is 11.8 Å². The normalized spacial score (nSPS) is 17.2. The number of phenolic OH excluding ortho intramolecular Hbond substituents is 1. The Bertz CT molecular complexity index is 855. The number of nitrogens with zero attached hydrogens (tertiary/aromatic N) is 4. The number of aromatic nitrogens is 3. The van der Waals surface area contributed by atoms with Gasteiger partial charge in [0.25, 0.3) is 0 Å². The number of pyridine rings is 1. The highest BCUT2D eigenvalue weighted by Crippen LogP contribution is 2.37. The third-order valence-electron chi connectivity index (χ3n) is 4.49. The van der Waals surface area contributed by atoms with Gasteiger partial charge in [-0.3, -0.25) is 9.88 Å². The fourth-order valence-corrected chi connectivity index (χ4v) is 3.32. The van der Waals surface area contributed by atoms with Crippen LogP contribution in [0.4, 0.5) is 0 Å². The van der Waals surface area contributed by atoms with E-state index in [1.54, 1.807) is 12.5 Å². The molecule has 124 valence electrons. The summed E-state index contributed by atoms with van der Waals surface area (Å²) in [7, 11) is 1.95. The molecule has 2 aromatic heterocycles. The second-order valence-electron chi connectivity index (χ2n) is 6.09. The fourth-order valence-electron chi connectivity index (χ4n) is 3.32. The van der Waals surface area contributed by atoms with Gasteiger partial charge in [0.2, 0.25) is 0 Å². The molecule has 6 nitrogen and oxygen atoms in total. The van der Waals surface area contributed by atoms with Crippen LogP contribution >= 0.6 is 0 Å². The van der Waals surface area contributed by atoms with E-state index in [1.165, 1.54) is 0 Å². The zero-order chi connectivity index (χ0) is 16.5. The summed E-state index contributed by atoms with van der Waals surface area (Å²) < 4.78 is 7.41. The Labute approximate surface area is 140 Å². The molecule has 1 fully saturated rings. The Kier molecular flexibility index (Phi) is 3.92. The molecule has 3 aromatic rings. The van der Waals surface area contributed by atoms with E-state index >= 15 is 0 Å². The number of hydrogen-bond donors (Lipinski definition) is 1. The van der Waals surface area contributed by atoms with Crippen molar-refractivity contribution in [2.45, 2.75) is 6.04 Å². The fraction of sp³-hybridized carbons (Fsp3) is 0.333. The van der Waals surface area contributed by atoms with Crippen LogP contribution in [0.1, 0.15) is 17.3 Å². The van der Waals surface area contributed by atoms with Gasteiger partial charge in [0, 0.05) is 43.5 Å². The van der Waals surface area contributed by atoms with Crippen molar-refractivity contribution in [3.05, 3.63) is 54.2 Å². The summed E-state index contributed by atoms with van der Waals surface area (Å²) >= 11 is 0. The zero-order valence-corrected chi connectivity index (χ0v) is 13.6. The van der Waals surface area contributed by atoms with Gasteiger partial charge < -0.3 is 14.4 Å². The molecule has 1 unspecified atom stereocenters. The van der Waals surface area contributed by atoms with Crippen molar-refractivity contribution < 1.29 is 9.84 Å². The van der Waals surface area contributed by atoms with Crippen LogP contribution in [-0.4, -0.2) is 50.8 Å². The Hall–Kier alpha value is -2.44. The van der Waals surface area contributed by atoms with Crippen LogP contribution in [0.15, 0.2) is 43.0 Å². The van der Waals surface area contributed by atoms with Gasteiger partial charge >= 0.3 is 0 Å². The molecule has 0 bridgehead atoms. The standard InChI is InChI=1S/C18H20N4O2/c1-21-11-15(20-12-21)17(22-7-9-24-10-8-22)14-5-4-13-3-2-6-19-16(13)18(14)23/h2-6,11-12,17,23H,7-10H2,1H3. The van der Waals surface area contributed by atoms with Crippen LogP contribution in [0, 0.1) is 0 Å². The summed E-state index contributed by atoms with van der Waals surface area (Å²) in [6.45, 7) is 2.99. The Balaban J connectivity index is 1.85. The van der Waals surface area contributed by atoms with Crippen molar-refractivity contribution in [3.8, 4) is 5.75 Å². The molecular formula is C18H20N4O2. The number of fused-ring (bicyclic) bond motifs is 1. The first-order valence-electron chi connectivity index (χ1n) is 8.10. The summed E-state index contributed by atoms with van der Waals surface area (Å²) in [5.41, 5.74) is 2.39. The van der Waals surface area contributed by atoms with Crippen LogP contribution < -0.4 is 0 Å². The van der Waals surface area contributed by atoms with Crippen LogP contribution in [0.2, 0.25) is 0 Å². The van der Waals surface area contributed by atoms with E-state index in [2.05, 4.69) is 14.9 Å². The minimum Gasteiger partial charge on any atom is -0.505 e. The molecule has 0 saturated carbocycles. The van der Waals surface area contributed by atoms with Crippen molar-refractivity contribution in [1.82, 2.24) is 19.4 Å². The topological polar surface area (TPSA) is 63.4 Å². The van der Waals surface area contributed by atoms with Gasteiger partial charge in [-0.1, -0.05) is 18.2 Å². The van der Waals surface area contributed by atoms with E-state index < -0.39 is 0 Å². The average molecular weight is 324 g/mol. The molecule has 6 heteroatoms. The first-order valence-corrected chi connectivity index (χ1v) is 8.10. The molecule has 0 amide bonds. The Morgan fingerprint density at radius 2 is 2.00 bits per heavy atom. The van der Waals surface area contributed by atoms with E-state index in [0.717, 1.165) is 29.7 Å². The lowest BCUT2D eigenvalue weighted by Gasteiger charge is -2.34. The Morgan fingerprint density at radius 3 is 2.75 bits per heavy atom. The lowest BCUT2D eigenvalue weighted by Crippen LogP contribution is -2.39. The molecule has 0 radical (unpaired) electrons. The molecule has 1 saturated heterocycles. The van der Waals surface area contributed by atoms with Gasteiger partial charge in [0.1, 0.15) is 11.3 Å². The molecule has 1 aliphatic rings. The molecule has 0 spiro atoms. The minimum atomic E-state index is -0.110. The number of hydrogen-bond acceptors (Lipinski definition) is 5. The van der Waals surface area contributed by atoms with Crippen LogP contribution in [0.5, 0.6) is 5.75 Å². The van der Waals surface area contributed by atoms with Gasteiger partial charge in [0.05, 0.1) is 31.3 Å². The van der Waals surface area contributed by atoms with Gasteiger partial charge in [-0.2, -0.15) is 0 Å². The van der Waals surface area contributed by atoms with E-state index in [9.17, 15) is 5.11 Å². The van der Waals surface area contributed by atoms with Crippen molar-refractivity contribution in [3.63, 3.8) is 0 Å². The maximum atomic E-state index is 10.9. The van der Waals surface area contributed by atoms with Gasteiger partial charge in [-0.25, -0.2) is 4.98 Å². The summed E-state index contributed by atoms with van der Waals surface area (Å²) in [4.78, 5) is 11.2. The minimum absolute atomic E-state index is 0.110. The van der Waals surface area contributed by atoms with Crippen LogP contribution in [0.25, 0.3) is 10.9 Å². The van der Waals surface area contributed by atoms with Crippen molar-refractivity contribution in [1.29, 1.82) is 0 Å². The van der Waals surface area contributed by atoms with Crippen LogP contribution in [0.3, 0.4) is 0 Å². The number of benzene rings is 1. The first kappa shape index (κ1) is 15.1. The number of rotatable bonds is 3. The van der Waals surface area contributed by atoms with Gasteiger partial charge in [0.15, 0.2) is 0 Å². The molecule has 0 aliphatic carbocycles. The molecular weight excluding hydrogens is 304 g/mol. The highest BCUT2D eigenvalue weighted by molar-refractivity contribution is 5.85. The second-order valence-corrected chi connectivity index (χ2v) is 6.09. The summed E-state index contributed by atoms with van der Waals surface area (Å²) in [5.74, 6) is 0.232. The maximum absolute atomic E-state index is 10.9. The predicted octanol–water partition coefficient (Wildman–Crippen LogP) is 2.10. The maximum Gasteiger partial charge on any atom is 0.146 e. The summed E-state index contributed by atoms with van der Waals surface area (Å²) in [6.07, 6.45) is 5.50. The van der Waals surface area contributed by atoms with Crippen molar-refractivity contribution in [2.75, 3.05) is 26.3 Å². The highest BCUT2D eigenvalue weighted by Gasteiger charge is 2.29.